The molecule has 18 heavy (non-hydrogen) atoms. The van der Waals surface area contributed by atoms with Crippen LogP contribution >= 0.6 is 0 Å². The molecule has 1 aliphatic heterocycles. The molecule has 0 bridgehead atoms. The largest absolute Gasteiger partial charge is 0.475 e. The van der Waals surface area contributed by atoms with E-state index in [1.807, 2.05) is 0 Å². The summed E-state index contributed by atoms with van der Waals surface area (Å²) in [6, 6.07) is 1.60. The van der Waals surface area contributed by atoms with Crippen LogP contribution in [0, 0.1) is 6.92 Å². The first-order valence-electron chi connectivity index (χ1n) is 6.42. The second-order valence-corrected chi connectivity index (χ2v) is 4.72. The Balaban J connectivity index is 1.74. The quantitative estimate of drug-likeness (QED) is 0.751. The van der Waals surface area contributed by atoms with Gasteiger partial charge in [-0.05, 0) is 38.9 Å². The molecule has 0 aliphatic carbocycles. The van der Waals surface area contributed by atoms with Gasteiger partial charge >= 0.3 is 5.97 Å². The highest BCUT2D eigenvalue weighted by atomic mass is 16.4. The standard InChI is InChI=1S/C13H20N2O3/c1-10-11(8-12(18-10)13(16)17)9-14-4-7-15-5-2-3-6-15/h8,14H,2-7,9H2,1H3,(H,16,17). The Bertz CT molecular complexity index is 408. The number of nitrogens with zero attached hydrogens (tertiary/aromatic N) is 1. The van der Waals surface area contributed by atoms with E-state index in [0.29, 0.717) is 12.3 Å². The van der Waals surface area contributed by atoms with Crippen LogP contribution in [0.3, 0.4) is 0 Å². The van der Waals surface area contributed by atoms with E-state index in [1.165, 1.54) is 25.9 Å². The zero-order chi connectivity index (χ0) is 13.0. The van der Waals surface area contributed by atoms with Gasteiger partial charge in [0.2, 0.25) is 5.76 Å². The SMILES string of the molecule is Cc1oc(C(=O)O)cc1CNCCN1CCCC1. The molecular weight excluding hydrogens is 232 g/mol. The van der Waals surface area contributed by atoms with Gasteiger partial charge in [-0.1, -0.05) is 0 Å². The highest BCUT2D eigenvalue weighted by Gasteiger charge is 2.13. The lowest BCUT2D eigenvalue weighted by Gasteiger charge is -2.14. The normalized spacial score (nSPS) is 16.3. The van der Waals surface area contributed by atoms with E-state index in [0.717, 1.165) is 18.7 Å². The van der Waals surface area contributed by atoms with Crippen molar-refractivity contribution in [2.45, 2.75) is 26.3 Å². The summed E-state index contributed by atoms with van der Waals surface area (Å²) >= 11 is 0. The Morgan fingerprint density at radius 1 is 1.50 bits per heavy atom. The van der Waals surface area contributed by atoms with Crippen molar-refractivity contribution in [3.8, 4) is 0 Å². The van der Waals surface area contributed by atoms with Crippen LogP contribution in [-0.4, -0.2) is 42.2 Å². The molecule has 1 fully saturated rings. The first-order chi connectivity index (χ1) is 8.66. The molecule has 0 radical (unpaired) electrons. The highest BCUT2D eigenvalue weighted by Crippen LogP contribution is 2.14. The number of rotatable bonds is 6. The van der Waals surface area contributed by atoms with Crippen molar-refractivity contribution in [2.75, 3.05) is 26.2 Å². The Hall–Kier alpha value is -1.33. The van der Waals surface area contributed by atoms with Gasteiger partial charge in [0.1, 0.15) is 5.76 Å². The van der Waals surface area contributed by atoms with Crippen molar-refractivity contribution >= 4 is 5.97 Å². The van der Waals surface area contributed by atoms with Crippen LogP contribution in [0.5, 0.6) is 0 Å². The molecule has 1 aliphatic rings. The van der Waals surface area contributed by atoms with Gasteiger partial charge in [-0.2, -0.15) is 0 Å². The van der Waals surface area contributed by atoms with Gasteiger partial charge in [-0.25, -0.2) is 4.79 Å². The molecule has 0 saturated carbocycles. The average Bonchev–Trinajstić information content (AvgIpc) is 2.94. The van der Waals surface area contributed by atoms with E-state index in [9.17, 15) is 4.79 Å². The summed E-state index contributed by atoms with van der Waals surface area (Å²) in [5.74, 6) is -0.314. The molecule has 0 amide bonds. The number of nitrogens with one attached hydrogen (secondary N) is 1. The molecule has 2 heterocycles. The van der Waals surface area contributed by atoms with Gasteiger partial charge in [0.15, 0.2) is 0 Å². The van der Waals surface area contributed by atoms with E-state index < -0.39 is 5.97 Å². The Labute approximate surface area is 107 Å². The lowest BCUT2D eigenvalue weighted by molar-refractivity contribution is 0.0661. The summed E-state index contributed by atoms with van der Waals surface area (Å²) in [6.45, 7) is 6.85. The third-order valence-corrected chi connectivity index (χ3v) is 3.35. The maximum atomic E-state index is 10.7. The van der Waals surface area contributed by atoms with E-state index in [2.05, 4.69) is 10.2 Å². The van der Waals surface area contributed by atoms with Crippen molar-refractivity contribution < 1.29 is 14.3 Å². The molecule has 0 spiro atoms. The van der Waals surface area contributed by atoms with Crippen LogP contribution in [0.1, 0.15) is 34.7 Å². The van der Waals surface area contributed by atoms with Gasteiger partial charge in [-0.3, -0.25) is 0 Å². The molecule has 1 aromatic rings. The third-order valence-electron chi connectivity index (χ3n) is 3.35. The number of hydrogen-bond donors (Lipinski definition) is 2. The summed E-state index contributed by atoms with van der Waals surface area (Å²) in [4.78, 5) is 13.2. The molecule has 0 unspecified atom stereocenters. The number of aryl methyl sites for hydroxylation is 1. The summed E-state index contributed by atoms with van der Waals surface area (Å²) in [6.07, 6.45) is 2.62. The van der Waals surface area contributed by atoms with Crippen molar-refractivity contribution in [3.05, 3.63) is 23.2 Å². The number of likely N-dealkylation sites (tertiary alicyclic amines) is 1. The maximum Gasteiger partial charge on any atom is 0.371 e. The van der Waals surface area contributed by atoms with Crippen molar-refractivity contribution in [1.82, 2.24) is 10.2 Å². The molecule has 2 N–H and O–H groups in total. The molecular formula is C13H20N2O3. The van der Waals surface area contributed by atoms with Crippen molar-refractivity contribution in [1.29, 1.82) is 0 Å². The minimum absolute atomic E-state index is 0.0174. The zero-order valence-corrected chi connectivity index (χ0v) is 10.7. The first kappa shape index (κ1) is 13.1. The van der Waals surface area contributed by atoms with Crippen LogP contribution in [0.4, 0.5) is 0 Å². The Morgan fingerprint density at radius 2 is 2.22 bits per heavy atom. The predicted molar refractivity (Wildman–Crippen MR) is 67.8 cm³/mol. The van der Waals surface area contributed by atoms with Crippen LogP contribution < -0.4 is 5.32 Å². The number of carboxylic acid groups (broad SMARTS) is 1. The molecule has 1 aromatic heterocycles. The van der Waals surface area contributed by atoms with Crippen molar-refractivity contribution in [3.63, 3.8) is 0 Å². The highest BCUT2D eigenvalue weighted by molar-refractivity contribution is 5.84. The Kier molecular flexibility index (Phi) is 4.38. The lowest BCUT2D eigenvalue weighted by Crippen LogP contribution is -2.29. The average molecular weight is 252 g/mol. The van der Waals surface area contributed by atoms with E-state index in [1.54, 1.807) is 13.0 Å². The maximum absolute atomic E-state index is 10.7. The summed E-state index contributed by atoms with van der Waals surface area (Å²) in [5, 5.41) is 12.1. The summed E-state index contributed by atoms with van der Waals surface area (Å²) in [5.41, 5.74) is 0.925. The van der Waals surface area contributed by atoms with Crippen molar-refractivity contribution in [2.24, 2.45) is 0 Å². The molecule has 5 nitrogen and oxygen atoms in total. The van der Waals surface area contributed by atoms with Gasteiger partial charge in [0, 0.05) is 25.2 Å². The van der Waals surface area contributed by atoms with E-state index in [-0.39, 0.29) is 5.76 Å². The molecule has 0 aromatic carbocycles. The van der Waals surface area contributed by atoms with Gasteiger partial charge < -0.3 is 19.7 Å². The van der Waals surface area contributed by atoms with Gasteiger partial charge in [0.25, 0.3) is 0 Å². The lowest BCUT2D eigenvalue weighted by atomic mass is 10.2. The van der Waals surface area contributed by atoms with E-state index in [4.69, 9.17) is 9.52 Å². The van der Waals surface area contributed by atoms with Crippen LogP contribution in [0.15, 0.2) is 10.5 Å². The molecule has 2 rings (SSSR count). The number of hydrogen-bond acceptors (Lipinski definition) is 4. The number of furan rings is 1. The van der Waals surface area contributed by atoms with Gasteiger partial charge in [-0.15, -0.1) is 0 Å². The fraction of sp³-hybridized carbons (Fsp3) is 0.615. The van der Waals surface area contributed by atoms with Crippen LogP contribution in [0.25, 0.3) is 0 Å². The second kappa shape index (κ2) is 6.02. The summed E-state index contributed by atoms with van der Waals surface area (Å²) < 4.78 is 5.16. The fourth-order valence-electron chi connectivity index (χ4n) is 2.27. The van der Waals surface area contributed by atoms with E-state index >= 15 is 0 Å². The molecule has 1 saturated heterocycles. The zero-order valence-electron chi connectivity index (χ0n) is 10.7. The Morgan fingerprint density at radius 3 is 2.83 bits per heavy atom. The fourth-order valence-corrected chi connectivity index (χ4v) is 2.27. The van der Waals surface area contributed by atoms with Crippen LogP contribution in [-0.2, 0) is 6.54 Å². The third kappa shape index (κ3) is 3.34. The molecule has 5 heteroatoms. The first-order valence-corrected chi connectivity index (χ1v) is 6.42. The predicted octanol–water partition coefficient (Wildman–Crippen LogP) is 1.47. The molecule has 0 atom stereocenters. The van der Waals surface area contributed by atoms with Gasteiger partial charge in [0.05, 0.1) is 0 Å². The number of aromatic carboxylic acids is 1. The smallest absolute Gasteiger partial charge is 0.371 e. The second-order valence-electron chi connectivity index (χ2n) is 4.72. The number of carbonyl (C=O) groups is 1. The monoisotopic (exact) mass is 252 g/mol. The minimum Gasteiger partial charge on any atom is -0.475 e. The topological polar surface area (TPSA) is 65.7 Å². The molecule has 100 valence electrons. The minimum atomic E-state index is -1.01. The van der Waals surface area contributed by atoms with Crippen LogP contribution in [0.2, 0.25) is 0 Å². The number of carboxylic acids is 1. The summed E-state index contributed by atoms with van der Waals surface area (Å²) in [7, 11) is 0.